The third-order valence-electron chi connectivity index (χ3n) is 6.91. The molecule has 6 rings (SSSR count). The molecule has 0 atom stereocenters. The fourth-order valence-corrected chi connectivity index (χ4v) is 5.27. The van der Waals surface area contributed by atoms with Gasteiger partial charge in [0.2, 0.25) is 0 Å². The molecule has 2 heterocycles. The molecule has 1 aliphatic carbocycles. The molecule has 0 fully saturated rings. The summed E-state index contributed by atoms with van der Waals surface area (Å²) in [6, 6.07) is 20.7. The topological polar surface area (TPSA) is 75.9 Å². The second-order valence-corrected chi connectivity index (χ2v) is 8.97. The Morgan fingerprint density at radius 3 is 2.69 bits per heavy atom. The molecular weight excluding hydrogens is 434 g/mol. The number of ether oxygens (including phenoxy) is 1. The van der Waals surface area contributed by atoms with Crippen LogP contribution < -0.4 is 0 Å². The average Bonchev–Trinajstić information content (AvgIpc) is 2.91. The van der Waals surface area contributed by atoms with Gasteiger partial charge in [-0.2, -0.15) is 5.26 Å². The number of aryl methyl sites for hydroxylation is 2. The van der Waals surface area contributed by atoms with Gasteiger partial charge in [0.05, 0.1) is 29.3 Å². The second-order valence-electron chi connectivity index (χ2n) is 8.97. The molecule has 0 unspecified atom stereocenters. The van der Waals surface area contributed by atoms with Gasteiger partial charge in [-0.3, -0.25) is 4.98 Å². The van der Waals surface area contributed by atoms with Gasteiger partial charge in [0, 0.05) is 23.3 Å². The highest BCUT2D eigenvalue weighted by atomic mass is 16.5. The van der Waals surface area contributed by atoms with Crippen LogP contribution in [0.15, 0.2) is 67.0 Å². The van der Waals surface area contributed by atoms with E-state index in [2.05, 4.69) is 41.4 Å². The number of hydrogen-bond donors (Lipinski definition) is 0. The molecule has 35 heavy (non-hydrogen) atoms. The number of rotatable bonds is 4. The highest BCUT2D eigenvalue weighted by Gasteiger charge is 2.22. The largest absolute Gasteiger partial charge is 0.461 e. The Morgan fingerprint density at radius 1 is 0.971 bits per heavy atom. The monoisotopic (exact) mass is 457 g/mol. The minimum absolute atomic E-state index is 0.0474. The van der Waals surface area contributed by atoms with Crippen molar-refractivity contribution in [1.29, 1.82) is 5.26 Å². The SMILES string of the molecule is N#CCCOC(=O)c1cc2cnccc2nc1-c1cc2c3c(ccc2c2ccccc12)CCCC3. The molecule has 0 bridgehead atoms. The van der Waals surface area contributed by atoms with E-state index in [4.69, 9.17) is 15.0 Å². The molecule has 3 aromatic carbocycles. The standard InChI is InChI=1S/C30H23N3O2/c31-13-5-15-35-30(34)27-16-20-18-32-14-12-28(20)33-29(27)26-17-25-21-7-2-1-6-19(21)10-11-24(25)22-8-3-4-9-23(22)26/h3-4,8-12,14,16-18H,1-2,5-7,15H2. The number of nitriles is 1. The summed E-state index contributed by atoms with van der Waals surface area (Å²) >= 11 is 0. The number of pyridine rings is 2. The van der Waals surface area contributed by atoms with Crippen molar-refractivity contribution in [2.24, 2.45) is 0 Å². The number of aromatic nitrogens is 2. The van der Waals surface area contributed by atoms with E-state index in [0.29, 0.717) is 11.3 Å². The Hall–Kier alpha value is -4.30. The number of esters is 1. The summed E-state index contributed by atoms with van der Waals surface area (Å²) in [5.41, 5.74) is 5.48. The zero-order valence-electron chi connectivity index (χ0n) is 19.3. The van der Waals surface area contributed by atoms with Gasteiger partial charge in [-0.25, -0.2) is 9.78 Å². The van der Waals surface area contributed by atoms with Crippen molar-refractivity contribution < 1.29 is 9.53 Å². The van der Waals surface area contributed by atoms with Crippen molar-refractivity contribution in [3.63, 3.8) is 0 Å². The van der Waals surface area contributed by atoms with Crippen LogP contribution >= 0.6 is 0 Å². The Balaban J connectivity index is 1.66. The van der Waals surface area contributed by atoms with Gasteiger partial charge in [-0.1, -0.05) is 36.4 Å². The highest BCUT2D eigenvalue weighted by molar-refractivity contribution is 6.16. The lowest BCUT2D eigenvalue weighted by Crippen LogP contribution is -2.09. The molecule has 0 radical (unpaired) electrons. The van der Waals surface area contributed by atoms with E-state index < -0.39 is 5.97 Å². The Bertz CT molecular complexity index is 1670. The third kappa shape index (κ3) is 3.68. The van der Waals surface area contributed by atoms with Crippen molar-refractivity contribution in [2.75, 3.05) is 6.61 Å². The fraction of sp³-hybridized carbons (Fsp3) is 0.200. The van der Waals surface area contributed by atoms with E-state index in [-0.39, 0.29) is 13.0 Å². The van der Waals surface area contributed by atoms with Gasteiger partial charge in [0.15, 0.2) is 0 Å². The van der Waals surface area contributed by atoms with Crippen molar-refractivity contribution in [3.05, 3.63) is 83.7 Å². The quantitative estimate of drug-likeness (QED) is 0.174. The Morgan fingerprint density at radius 2 is 1.80 bits per heavy atom. The summed E-state index contributed by atoms with van der Waals surface area (Å²) in [6.45, 7) is 0.0474. The second kappa shape index (κ2) is 8.81. The molecule has 0 spiro atoms. The maximum Gasteiger partial charge on any atom is 0.340 e. The first kappa shape index (κ1) is 21.2. The van der Waals surface area contributed by atoms with E-state index in [1.807, 2.05) is 18.2 Å². The molecule has 0 amide bonds. The van der Waals surface area contributed by atoms with E-state index in [1.54, 1.807) is 18.5 Å². The Kier molecular flexibility index (Phi) is 5.35. The fourth-order valence-electron chi connectivity index (χ4n) is 5.27. The first-order valence-electron chi connectivity index (χ1n) is 12.0. The number of nitrogens with zero attached hydrogens (tertiary/aromatic N) is 3. The van der Waals surface area contributed by atoms with Crippen LogP contribution in [0.1, 0.15) is 40.7 Å². The molecule has 1 aliphatic rings. The zero-order chi connectivity index (χ0) is 23.8. The first-order chi connectivity index (χ1) is 17.2. The molecule has 0 saturated heterocycles. The van der Waals surface area contributed by atoms with E-state index in [0.717, 1.165) is 40.1 Å². The molecule has 170 valence electrons. The van der Waals surface area contributed by atoms with Crippen LogP contribution in [-0.2, 0) is 17.6 Å². The van der Waals surface area contributed by atoms with Gasteiger partial charge >= 0.3 is 5.97 Å². The zero-order valence-corrected chi connectivity index (χ0v) is 19.3. The van der Waals surface area contributed by atoms with Gasteiger partial charge in [-0.05, 0) is 76.6 Å². The summed E-state index contributed by atoms with van der Waals surface area (Å²) in [5, 5.41) is 14.3. The van der Waals surface area contributed by atoms with Crippen molar-refractivity contribution in [3.8, 4) is 17.3 Å². The minimum Gasteiger partial charge on any atom is -0.461 e. The van der Waals surface area contributed by atoms with Crippen LogP contribution in [0, 0.1) is 11.3 Å². The van der Waals surface area contributed by atoms with Gasteiger partial charge in [0.1, 0.15) is 6.61 Å². The van der Waals surface area contributed by atoms with Crippen LogP contribution in [-0.4, -0.2) is 22.5 Å². The van der Waals surface area contributed by atoms with Gasteiger partial charge in [-0.15, -0.1) is 0 Å². The smallest absolute Gasteiger partial charge is 0.340 e. The molecule has 0 aliphatic heterocycles. The summed E-state index contributed by atoms with van der Waals surface area (Å²) in [7, 11) is 0. The number of fused-ring (bicyclic) bond motifs is 6. The number of benzene rings is 3. The van der Waals surface area contributed by atoms with Crippen molar-refractivity contribution >= 4 is 38.4 Å². The first-order valence-corrected chi connectivity index (χ1v) is 12.0. The Labute approximate surface area is 203 Å². The molecule has 0 saturated carbocycles. The van der Waals surface area contributed by atoms with Gasteiger partial charge in [0.25, 0.3) is 0 Å². The lowest BCUT2D eigenvalue weighted by atomic mass is 9.84. The predicted molar refractivity (Wildman–Crippen MR) is 137 cm³/mol. The molecule has 2 aromatic heterocycles. The van der Waals surface area contributed by atoms with Crippen LogP contribution in [0.3, 0.4) is 0 Å². The van der Waals surface area contributed by atoms with Crippen LogP contribution in [0.25, 0.3) is 43.7 Å². The number of hydrogen-bond acceptors (Lipinski definition) is 5. The van der Waals surface area contributed by atoms with Crippen LogP contribution in [0.4, 0.5) is 0 Å². The molecular formula is C30H23N3O2. The van der Waals surface area contributed by atoms with E-state index in [1.165, 1.54) is 34.7 Å². The van der Waals surface area contributed by atoms with Crippen LogP contribution in [0.2, 0.25) is 0 Å². The molecule has 5 heteroatoms. The molecule has 5 nitrogen and oxygen atoms in total. The average molecular weight is 458 g/mol. The maximum absolute atomic E-state index is 13.2. The summed E-state index contributed by atoms with van der Waals surface area (Å²) in [4.78, 5) is 22.4. The van der Waals surface area contributed by atoms with E-state index >= 15 is 0 Å². The number of carbonyl (C=O) groups is 1. The van der Waals surface area contributed by atoms with Gasteiger partial charge < -0.3 is 4.74 Å². The van der Waals surface area contributed by atoms with Crippen LogP contribution in [0.5, 0.6) is 0 Å². The maximum atomic E-state index is 13.2. The molecule has 5 aromatic rings. The predicted octanol–water partition coefficient (Wildman–Crippen LogP) is 6.55. The lowest BCUT2D eigenvalue weighted by molar-refractivity contribution is 0.0514. The number of carbonyl (C=O) groups excluding carboxylic acids is 1. The summed E-state index contributed by atoms with van der Waals surface area (Å²) in [5.74, 6) is -0.479. The van der Waals surface area contributed by atoms with E-state index in [9.17, 15) is 4.79 Å². The molecule has 0 N–H and O–H groups in total. The summed E-state index contributed by atoms with van der Waals surface area (Å²) in [6.07, 6.45) is 8.12. The summed E-state index contributed by atoms with van der Waals surface area (Å²) < 4.78 is 5.45. The highest BCUT2D eigenvalue weighted by Crippen LogP contribution is 2.39. The van der Waals surface area contributed by atoms with Crippen molar-refractivity contribution in [2.45, 2.75) is 32.1 Å². The third-order valence-corrected chi connectivity index (χ3v) is 6.91. The minimum atomic E-state index is -0.479. The normalized spacial score (nSPS) is 13.0. The van der Waals surface area contributed by atoms with Crippen molar-refractivity contribution in [1.82, 2.24) is 9.97 Å². The lowest BCUT2D eigenvalue weighted by Gasteiger charge is -2.20.